The first-order valence-electron chi connectivity index (χ1n) is 12.7. The SMILES string of the molecule is CCOc1cncc(Oc2c(C)c(C(=O)NC(CO)c3ccc(S(=O)(=O)CC)cc3)nn2C(C)(C)C)c1C(F)F. The molecule has 1 unspecified atom stereocenters. The van der Waals surface area contributed by atoms with Crippen molar-refractivity contribution in [3.8, 4) is 17.4 Å². The van der Waals surface area contributed by atoms with Gasteiger partial charge in [0.15, 0.2) is 21.3 Å². The molecule has 0 aliphatic heterocycles. The molecule has 10 nitrogen and oxygen atoms in total. The molecule has 0 aliphatic carbocycles. The van der Waals surface area contributed by atoms with Crippen LogP contribution in [0.5, 0.6) is 17.4 Å². The lowest BCUT2D eigenvalue weighted by Gasteiger charge is -2.23. The van der Waals surface area contributed by atoms with E-state index >= 15 is 0 Å². The summed E-state index contributed by atoms with van der Waals surface area (Å²) in [6.07, 6.45) is -0.588. The maximum atomic E-state index is 14.0. The van der Waals surface area contributed by atoms with Gasteiger partial charge in [0, 0.05) is 5.56 Å². The van der Waals surface area contributed by atoms with E-state index in [1.807, 2.05) is 0 Å². The normalized spacial score (nSPS) is 12.8. The molecule has 0 radical (unpaired) electrons. The van der Waals surface area contributed by atoms with Crippen molar-refractivity contribution in [3.63, 3.8) is 0 Å². The molecule has 1 aromatic carbocycles. The first-order valence-corrected chi connectivity index (χ1v) is 14.3. The third-order valence-corrected chi connectivity index (χ3v) is 7.82. The number of rotatable bonds is 11. The van der Waals surface area contributed by atoms with Gasteiger partial charge in [-0.3, -0.25) is 9.78 Å². The first kappa shape index (κ1) is 31.0. The number of nitrogens with one attached hydrogen (secondary N) is 1. The van der Waals surface area contributed by atoms with Crippen LogP contribution in [0.25, 0.3) is 0 Å². The zero-order valence-corrected chi connectivity index (χ0v) is 24.1. The van der Waals surface area contributed by atoms with E-state index in [-0.39, 0.29) is 45.9 Å². The quantitative estimate of drug-likeness (QED) is 0.333. The number of nitrogens with zero attached hydrogens (tertiary/aromatic N) is 3. The molecule has 3 rings (SSSR count). The van der Waals surface area contributed by atoms with E-state index < -0.39 is 45.9 Å². The van der Waals surface area contributed by atoms with Crippen LogP contribution in [0.15, 0.2) is 41.6 Å². The van der Waals surface area contributed by atoms with Crippen molar-refractivity contribution in [3.05, 3.63) is 59.0 Å². The molecule has 2 heterocycles. The van der Waals surface area contributed by atoms with E-state index in [4.69, 9.17) is 9.47 Å². The van der Waals surface area contributed by atoms with Gasteiger partial charge in [-0.25, -0.2) is 21.9 Å². The Morgan fingerprint density at radius 1 is 1.12 bits per heavy atom. The minimum absolute atomic E-state index is 0.0407. The van der Waals surface area contributed by atoms with Crippen LogP contribution in [-0.2, 0) is 15.4 Å². The van der Waals surface area contributed by atoms with E-state index in [0.29, 0.717) is 5.56 Å². The zero-order valence-electron chi connectivity index (χ0n) is 23.2. The molecule has 1 amide bonds. The van der Waals surface area contributed by atoms with Crippen molar-refractivity contribution < 1.29 is 36.6 Å². The third-order valence-electron chi connectivity index (χ3n) is 6.07. The van der Waals surface area contributed by atoms with E-state index in [9.17, 15) is 27.1 Å². The number of hydrogen-bond acceptors (Lipinski definition) is 8. The number of ether oxygens (including phenoxy) is 2. The number of alkyl halides is 2. The number of pyridine rings is 1. The van der Waals surface area contributed by atoms with Gasteiger partial charge < -0.3 is 19.9 Å². The van der Waals surface area contributed by atoms with Crippen molar-refractivity contribution in [2.75, 3.05) is 19.0 Å². The number of amides is 1. The van der Waals surface area contributed by atoms with Crippen molar-refractivity contribution in [2.45, 2.75) is 64.4 Å². The molecule has 0 saturated heterocycles. The first-order chi connectivity index (χ1) is 18.7. The van der Waals surface area contributed by atoms with Gasteiger partial charge in [-0.1, -0.05) is 19.1 Å². The van der Waals surface area contributed by atoms with Crippen molar-refractivity contribution in [1.82, 2.24) is 20.1 Å². The molecular formula is C27H34F2N4O6S. The topological polar surface area (TPSA) is 133 Å². The average Bonchev–Trinajstić information content (AvgIpc) is 3.23. The van der Waals surface area contributed by atoms with Crippen LogP contribution in [0.1, 0.15) is 74.3 Å². The summed E-state index contributed by atoms with van der Waals surface area (Å²) < 4.78 is 64.9. The Labute approximate surface area is 232 Å². The van der Waals surface area contributed by atoms with Gasteiger partial charge >= 0.3 is 0 Å². The summed E-state index contributed by atoms with van der Waals surface area (Å²) in [7, 11) is -3.41. The number of carbonyl (C=O) groups excluding carboxylic acids is 1. The predicted molar refractivity (Wildman–Crippen MR) is 144 cm³/mol. The number of benzene rings is 1. The molecule has 218 valence electrons. The lowest BCUT2D eigenvalue weighted by molar-refractivity contribution is 0.0908. The van der Waals surface area contributed by atoms with Gasteiger partial charge in [0.05, 0.1) is 47.8 Å². The number of hydrogen-bond donors (Lipinski definition) is 2. The van der Waals surface area contributed by atoms with Gasteiger partial charge in [-0.15, -0.1) is 0 Å². The molecule has 2 N–H and O–H groups in total. The minimum atomic E-state index is -3.41. The van der Waals surface area contributed by atoms with Crippen LogP contribution in [0, 0.1) is 6.92 Å². The highest BCUT2D eigenvalue weighted by Gasteiger charge is 2.31. The molecular weight excluding hydrogens is 546 g/mol. The van der Waals surface area contributed by atoms with Gasteiger partial charge in [-0.2, -0.15) is 5.10 Å². The molecule has 0 aliphatic rings. The molecule has 0 bridgehead atoms. The largest absolute Gasteiger partial charge is 0.492 e. The van der Waals surface area contributed by atoms with Crippen molar-refractivity contribution in [2.24, 2.45) is 0 Å². The smallest absolute Gasteiger partial charge is 0.272 e. The fourth-order valence-electron chi connectivity index (χ4n) is 3.91. The van der Waals surface area contributed by atoms with Crippen LogP contribution in [0.3, 0.4) is 0 Å². The highest BCUT2D eigenvalue weighted by atomic mass is 32.2. The molecule has 40 heavy (non-hydrogen) atoms. The lowest BCUT2D eigenvalue weighted by Crippen LogP contribution is -2.32. The summed E-state index contributed by atoms with van der Waals surface area (Å²) in [4.78, 5) is 17.4. The van der Waals surface area contributed by atoms with E-state index in [1.54, 1.807) is 34.6 Å². The number of aliphatic hydroxyl groups is 1. The lowest BCUT2D eigenvalue weighted by atomic mass is 10.1. The Hall–Kier alpha value is -3.58. The fraction of sp³-hybridized carbons (Fsp3) is 0.444. The number of halogens is 2. The Bertz CT molecular complexity index is 1450. The number of carbonyl (C=O) groups is 1. The second-order valence-corrected chi connectivity index (χ2v) is 12.2. The Morgan fingerprint density at radius 3 is 2.27 bits per heavy atom. The summed E-state index contributed by atoms with van der Waals surface area (Å²) in [6, 6.07) is 5.00. The molecule has 3 aromatic rings. The average molecular weight is 581 g/mol. The molecule has 2 aromatic heterocycles. The summed E-state index contributed by atoms with van der Waals surface area (Å²) in [5, 5.41) is 17.1. The molecule has 0 spiro atoms. The second-order valence-electron chi connectivity index (χ2n) is 9.93. The maximum Gasteiger partial charge on any atom is 0.272 e. The summed E-state index contributed by atoms with van der Waals surface area (Å²) in [5.41, 5.74) is -0.476. The second kappa shape index (κ2) is 12.3. The molecule has 0 saturated carbocycles. The molecule has 0 fully saturated rings. The highest BCUT2D eigenvalue weighted by Crippen LogP contribution is 2.40. The molecule has 13 heteroatoms. The van der Waals surface area contributed by atoms with E-state index in [1.165, 1.54) is 42.1 Å². The van der Waals surface area contributed by atoms with E-state index in [0.717, 1.165) is 6.20 Å². The van der Waals surface area contributed by atoms with Crippen molar-refractivity contribution >= 4 is 15.7 Å². The number of aliphatic hydroxyl groups excluding tert-OH is 1. The van der Waals surface area contributed by atoms with Crippen LogP contribution in [-0.4, -0.2) is 53.2 Å². The summed E-state index contributed by atoms with van der Waals surface area (Å²) in [6.45, 7) is 9.86. The Morgan fingerprint density at radius 2 is 1.75 bits per heavy atom. The summed E-state index contributed by atoms with van der Waals surface area (Å²) in [5.74, 6) is -1.00. The van der Waals surface area contributed by atoms with Gasteiger partial charge in [0.25, 0.3) is 12.3 Å². The van der Waals surface area contributed by atoms with Gasteiger partial charge in [-0.05, 0) is 52.3 Å². The fourth-order valence-corrected chi connectivity index (χ4v) is 4.79. The predicted octanol–water partition coefficient (Wildman–Crippen LogP) is 4.73. The van der Waals surface area contributed by atoms with Gasteiger partial charge in [0.1, 0.15) is 11.3 Å². The van der Waals surface area contributed by atoms with Crippen molar-refractivity contribution in [1.29, 1.82) is 0 Å². The third kappa shape index (κ3) is 6.58. The van der Waals surface area contributed by atoms with Crippen LogP contribution < -0.4 is 14.8 Å². The van der Waals surface area contributed by atoms with Crippen LogP contribution in [0.4, 0.5) is 8.78 Å². The molecule has 1 atom stereocenters. The monoisotopic (exact) mass is 580 g/mol. The van der Waals surface area contributed by atoms with Crippen LogP contribution in [0.2, 0.25) is 0 Å². The zero-order chi connectivity index (χ0) is 29.8. The van der Waals surface area contributed by atoms with Crippen LogP contribution >= 0.6 is 0 Å². The Kier molecular flexibility index (Phi) is 9.52. The number of aromatic nitrogens is 3. The van der Waals surface area contributed by atoms with Gasteiger partial charge in [0.2, 0.25) is 5.88 Å². The maximum absolute atomic E-state index is 14.0. The minimum Gasteiger partial charge on any atom is -0.492 e. The number of sulfone groups is 1. The van der Waals surface area contributed by atoms with E-state index in [2.05, 4.69) is 15.4 Å². The highest BCUT2D eigenvalue weighted by molar-refractivity contribution is 7.91. The standard InChI is InChI=1S/C27H34F2N4O6S/c1-7-38-20-13-30-14-21(22(20)24(28)29)39-26-16(3)23(32-33(26)27(4,5)6)25(35)31-19(15-34)17-9-11-18(12-10-17)40(36,37)8-2/h9-14,19,24,34H,7-8,15H2,1-6H3,(H,31,35). The summed E-state index contributed by atoms with van der Waals surface area (Å²) >= 11 is 0. The Balaban J connectivity index is 1.98.